The largest absolute Gasteiger partial charge is 0.460 e. The molecule has 0 saturated carbocycles. The summed E-state index contributed by atoms with van der Waals surface area (Å²) in [6.07, 6.45) is -2.91. The summed E-state index contributed by atoms with van der Waals surface area (Å²) < 4.78 is 48.5. The van der Waals surface area contributed by atoms with Crippen LogP contribution in [0.4, 0.5) is 13.2 Å². The number of ether oxygens (including phenoxy) is 1. The van der Waals surface area contributed by atoms with Crippen molar-refractivity contribution in [2.24, 2.45) is 0 Å². The van der Waals surface area contributed by atoms with E-state index in [-0.39, 0.29) is 23.9 Å². The third-order valence-electron chi connectivity index (χ3n) is 5.77. The van der Waals surface area contributed by atoms with Gasteiger partial charge in [-0.3, -0.25) is 4.57 Å². The number of hydrogen-bond donors (Lipinski definition) is 0. The Hall–Kier alpha value is -4.73. The molecule has 0 aliphatic carbocycles. The summed E-state index contributed by atoms with van der Waals surface area (Å²) in [5.41, 5.74) is 2.15. The Labute approximate surface area is 216 Å². The Bertz CT molecular complexity index is 1590. The van der Waals surface area contributed by atoms with Crippen LogP contribution in [-0.4, -0.2) is 36.9 Å². The van der Waals surface area contributed by atoms with Gasteiger partial charge in [0.15, 0.2) is 0 Å². The first-order chi connectivity index (χ1) is 18.2. The predicted molar refractivity (Wildman–Crippen MR) is 135 cm³/mol. The fourth-order valence-electron chi connectivity index (χ4n) is 3.92. The van der Waals surface area contributed by atoms with Crippen molar-refractivity contribution < 1.29 is 22.7 Å². The van der Waals surface area contributed by atoms with Crippen LogP contribution >= 0.6 is 0 Å². The third kappa shape index (κ3) is 4.93. The molecule has 0 N–H and O–H groups in total. The Morgan fingerprint density at radius 2 is 1.63 bits per heavy atom. The molecule has 2 heterocycles. The van der Waals surface area contributed by atoms with Crippen molar-refractivity contribution in [2.75, 3.05) is 6.61 Å². The first-order valence-electron chi connectivity index (χ1n) is 11.8. The highest BCUT2D eigenvalue weighted by molar-refractivity contribution is 5.85. The lowest BCUT2D eigenvalue weighted by Crippen LogP contribution is -2.08. The first kappa shape index (κ1) is 24.9. The van der Waals surface area contributed by atoms with Gasteiger partial charge in [0.05, 0.1) is 23.6 Å². The van der Waals surface area contributed by atoms with Gasteiger partial charge in [0.1, 0.15) is 5.82 Å². The smallest absolute Gasteiger partial charge is 0.416 e. The van der Waals surface area contributed by atoms with Gasteiger partial charge in [-0.15, -0.1) is 5.10 Å². The molecule has 0 fully saturated rings. The topological polar surface area (TPSA) is 74.8 Å². The summed E-state index contributed by atoms with van der Waals surface area (Å²) in [7, 11) is 0. The number of benzene rings is 3. The standard InChI is InChI=1S/C28H22F3N5O2/c1-3-38-26(37)24-33-27(36(34-24)22-14-12-18(2)13-15-22)35-17-23(32-25(35)19-8-5-4-6-9-19)20-10-7-11-21(16-20)28(29,30)31/h4-17H,3H2,1-2H3. The molecule has 2 aromatic heterocycles. The van der Waals surface area contributed by atoms with Crippen molar-refractivity contribution in [3.63, 3.8) is 0 Å². The molecule has 0 atom stereocenters. The van der Waals surface area contributed by atoms with Crippen molar-refractivity contribution in [3.05, 3.63) is 102 Å². The second-order valence-electron chi connectivity index (χ2n) is 8.47. The monoisotopic (exact) mass is 517 g/mol. The van der Waals surface area contributed by atoms with Crippen molar-refractivity contribution in [2.45, 2.75) is 20.0 Å². The molecule has 5 rings (SSSR count). The minimum Gasteiger partial charge on any atom is -0.460 e. The molecule has 7 nitrogen and oxygen atoms in total. The molecule has 0 spiro atoms. The van der Waals surface area contributed by atoms with Crippen molar-refractivity contribution in [3.8, 4) is 34.3 Å². The average molecular weight is 518 g/mol. The molecule has 0 saturated heterocycles. The van der Waals surface area contributed by atoms with E-state index in [1.54, 1.807) is 23.8 Å². The van der Waals surface area contributed by atoms with Crippen LogP contribution in [0.25, 0.3) is 34.3 Å². The second-order valence-corrected chi connectivity index (χ2v) is 8.47. The molecule has 0 aliphatic rings. The number of carbonyl (C=O) groups excluding carboxylic acids is 1. The van der Waals surface area contributed by atoms with Crippen LogP contribution in [0.5, 0.6) is 0 Å². The van der Waals surface area contributed by atoms with Crippen LogP contribution in [0.1, 0.15) is 28.7 Å². The van der Waals surface area contributed by atoms with Crippen molar-refractivity contribution in [1.29, 1.82) is 0 Å². The number of alkyl halides is 3. The van der Waals surface area contributed by atoms with Gasteiger partial charge in [-0.25, -0.2) is 9.78 Å². The normalized spacial score (nSPS) is 11.5. The van der Waals surface area contributed by atoms with Gasteiger partial charge >= 0.3 is 12.1 Å². The fourth-order valence-corrected chi connectivity index (χ4v) is 3.92. The van der Waals surface area contributed by atoms with Gasteiger partial charge in [0.2, 0.25) is 5.95 Å². The van der Waals surface area contributed by atoms with Gasteiger partial charge in [-0.1, -0.05) is 60.2 Å². The summed E-state index contributed by atoms with van der Waals surface area (Å²) >= 11 is 0. The van der Waals surface area contributed by atoms with Gasteiger partial charge in [0.25, 0.3) is 5.82 Å². The van der Waals surface area contributed by atoms with Crippen molar-refractivity contribution in [1.82, 2.24) is 24.3 Å². The SMILES string of the molecule is CCOC(=O)c1nc(-n2cc(-c3cccc(C(F)(F)F)c3)nc2-c2ccccc2)n(-c2ccc(C)cc2)n1. The van der Waals surface area contributed by atoms with E-state index in [1.165, 1.54) is 10.7 Å². The number of esters is 1. The fraction of sp³-hybridized carbons (Fsp3) is 0.143. The van der Waals surface area contributed by atoms with Gasteiger partial charge in [-0.05, 0) is 38.1 Å². The lowest BCUT2D eigenvalue weighted by molar-refractivity contribution is -0.137. The van der Waals surface area contributed by atoms with Crippen LogP contribution in [0, 0.1) is 6.92 Å². The number of imidazole rings is 1. The number of rotatable bonds is 6. The van der Waals surface area contributed by atoms with E-state index in [1.807, 2.05) is 61.5 Å². The summed E-state index contributed by atoms with van der Waals surface area (Å²) in [5, 5.41) is 4.40. The van der Waals surface area contributed by atoms with E-state index >= 15 is 0 Å². The molecule has 10 heteroatoms. The molecule has 0 unspecified atom stereocenters. The number of aryl methyl sites for hydroxylation is 1. The zero-order valence-electron chi connectivity index (χ0n) is 20.5. The molecule has 0 radical (unpaired) electrons. The van der Waals surface area contributed by atoms with Crippen LogP contribution < -0.4 is 0 Å². The minimum absolute atomic E-state index is 0.146. The molecule has 192 valence electrons. The molecule has 3 aromatic carbocycles. The van der Waals surface area contributed by atoms with Gasteiger partial charge in [0, 0.05) is 17.3 Å². The highest BCUT2D eigenvalue weighted by Crippen LogP contribution is 2.33. The quantitative estimate of drug-likeness (QED) is 0.248. The number of carbonyl (C=O) groups is 1. The number of halogens is 3. The minimum atomic E-state index is -4.50. The number of aromatic nitrogens is 5. The van der Waals surface area contributed by atoms with Crippen LogP contribution in [0.15, 0.2) is 85.1 Å². The predicted octanol–water partition coefficient (Wildman–Crippen LogP) is 6.29. The van der Waals surface area contributed by atoms with E-state index in [4.69, 9.17) is 4.74 Å². The summed E-state index contributed by atoms with van der Waals surface area (Å²) in [6, 6.07) is 21.6. The van der Waals surface area contributed by atoms with E-state index < -0.39 is 17.7 Å². The first-order valence-corrected chi connectivity index (χ1v) is 11.8. The molecular formula is C28H22F3N5O2. The molecule has 0 aliphatic heterocycles. The Morgan fingerprint density at radius 1 is 0.921 bits per heavy atom. The number of nitrogens with zero attached hydrogens (tertiary/aromatic N) is 5. The van der Waals surface area contributed by atoms with Gasteiger partial charge in [-0.2, -0.15) is 22.8 Å². The Morgan fingerprint density at radius 3 is 2.32 bits per heavy atom. The maximum atomic E-state index is 13.4. The lowest BCUT2D eigenvalue weighted by atomic mass is 10.1. The van der Waals surface area contributed by atoms with E-state index in [2.05, 4.69) is 15.1 Å². The molecule has 38 heavy (non-hydrogen) atoms. The zero-order valence-corrected chi connectivity index (χ0v) is 20.5. The Kier molecular flexibility index (Phi) is 6.54. The van der Waals surface area contributed by atoms with E-state index in [0.717, 1.165) is 17.7 Å². The van der Waals surface area contributed by atoms with E-state index in [9.17, 15) is 18.0 Å². The van der Waals surface area contributed by atoms with Crippen molar-refractivity contribution >= 4 is 5.97 Å². The Balaban J connectivity index is 1.74. The zero-order chi connectivity index (χ0) is 26.9. The molecular weight excluding hydrogens is 495 g/mol. The summed E-state index contributed by atoms with van der Waals surface area (Å²) in [4.78, 5) is 21.7. The average Bonchev–Trinajstić information content (AvgIpc) is 3.55. The highest BCUT2D eigenvalue weighted by Gasteiger charge is 2.31. The molecule has 0 bridgehead atoms. The lowest BCUT2D eigenvalue weighted by Gasteiger charge is -2.09. The molecule has 5 aromatic rings. The van der Waals surface area contributed by atoms with E-state index in [0.29, 0.717) is 22.8 Å². The molecule has 0 amide bonds. The van der Waals surface area contributed by atoms with Crippen LogP contribution in [0.2, 0.25) is 0 Å². The van der Waals surface area contributed by atoms with Crippen LogP contribution in [-0.2, 0) is 10.9 Å². The summed E-state index contributed by atoms with van der Waals surface area (Å²) in [6.45, 7) is 3.77. The summed E-state index contributed by atoms with van der Waals surface area (Å²) in [5.74, 6) is -0.217. The highest BCUT2D eigenvalue weighted by atomic mass is 19.4. The number of hydrogen-bond acceptors (Lipinski definition) is 5. The van der Waals surface area contributed by atoms with Crippen LogP contribution in [0.3, 0.4) is 0 Å². The maximum Gasteiger partial charge on any atom is 0.416 e. The maximum absolute atomic E-state index is 13.4. The van der Waals surface area contributed by atoms with Gasteiger partial charge < -0.3 is 4.74 Å². The third-order valence-corrected chi connectivity index (χ3v) is 5.77. The second kappa shape index (κ2) is 9.97.